The van der Waals surface area contributed by atoms with Crippen molar-refractivity contribution in [2.24, 2.45) is 5.92 Å². The second-order valence-corrected chi connectivity index (χ2v) is 7.93. The van der Waals surface area contributed by atoms with E-state index < -0.39 is 17.8 Å². The molecular weight excluding hydrogens is 445 g/mol. The number of H-pyrrole nitrogens is 1. The normalized spacial score (nSPS) is 14.2. The molecule has 34 heavy (non-hydrogen) atoms. The van der Waals surface area contributed by atoms with Gasteiger partial charge in [0.15, 0.2) is 0 Å². The molecule has 2 heterocycles. The summed E-state index contributed by atoms with van der Waals surface area (Å²) in [5.74, 6) is 5.57. The first-order valence-electron chi connectivity index (χ1n) is 10.9. The van der Waals surface area contributed by atoms with Crippen LogP contribution in [0.2, 0.25) is 0 Å². The molecule has 1 amide bonds. The SMILES string of the molecule is O=C(C#Cc1ccccc1)Nc1cc(-c2ncc(C(F)(F)F)[nH]2)ccc1OCC1CCNCC1. The lowest BCUT2D eigenvalue weighted by Crippen LogP contribution is -2.30. The molecular formula is C25H23F3N4O2. The van der Waals surface area contributed by atoms with E-state index in [9.17, 15) is 18.0 Å². The van der Waals surface area contributed by atoms with E-state index >= 15 is 0 Å². The van der Waals surface area contributed by atoms with E-state index in [-0.39, 0.29) is 5.82 Å². The number of nitrogens with zero attached hydrogens (tertiary/aromatic N) is 1. The van der Waals surface area contributed by atoms with Crippen LogP contribution in [0.25, 0.3) is 11.4 Å². The van der Waals surface area contributed by atoms with Gasteiger partial charge in [0, 0.05) is 17.0 Å². The Balaban J connectivity index is 1.57. The van der Waals surface area contributed by atoms with Gasteiger partial charge in [-0.2, -0.15) is 13.2 Å². The van der Waals surface area contributed by atoms with Gasteiger partial charge in [-0.15, -0.1) is 0 Å². The van der Waals surface area contributed by atoms with Crippen LogP contribution in [-0.4, -0.2) is 35.6 Å². The molecule has 0 atom stereocenters. The predicted octanol–water partition coefficient (Wildman–Crippen LogP) is 4.46. The van der Waals surface area contributed by atoms with E-state index in [2.05, 4.69) is 32.4 Å². The van der Waals surface area contributed by atoms with Crippen molar-refractivity contribution in [2.45, 2.75) is 19.0 Å². The zero-order valence-electron chi connectivity index (χ0n) is 18.2. The number of alkyl halides is 3. The zero-order chi connectivity index (χ0) is 24.0. The van der Waals surface area contributed by atoms with Crippen LogP contribution in [0.3, 0.4) is 0 Å². The first-order chi connectivity index (χ1) is 16.4. The topological polar surface area (TPSA) is 79.0 Å². The highest BCUT2D eigenvalue weighted by Gasteiger charge is 2.33. The molecule has 0 radical (unpaired) electrons. The van der Waals surface area contributed by atoms with Crippen LogP contribution in [0.15, 0.2) is 54.7 Å². The molecule has 0 saturated carbocycles. The molecule has 3 aromatic rings. The number of aromatic amines is 1. The molecule has 3 N–H and O–H groups in total. The van der Waals surface area contributed by atoms with E-state index in [1.54, 1.807) is 24.3 Å². The molecule has 0 spiro atoms. The molecule has 2 aromatic carbocycles. The summed E-state index contributed by atoms with van der Waals surface area (Å²) in [7, 11) is 0. The highest BCUT2D eigenvalue weighted by molar-refractivity contribution is 6.05. The summed E-state index contributed by atoms with van der Waals surface area (Å²) >= 11 is 0. The Labute approximate surface area is 194 Å². The summed E-state index contributed by atoms with van der Waals surface area (Å²) in [6, 6.07) is 13.8. The van der Waals surface area contributed by atoms with Crippen LogP contribution in [0.4, 0.5) is 18.9 Å². The van der Waals surface area contributed by atoms with Crippen molar-refractivity contribution in [3.63, 3.8) is 0 Å². The summed E-state index contributed by atoms with van der Waals surface area (Å²) in [5.41, 5.74) is 0.414. The lowest BCUT2D eigenvalue weighted by molar-refractivity contribution is -0.140. The number of anilines is 1. The molecule has 9 heteroatoms. The van der Waals surface area contributed by atoms with Crippen molar-refractivity contribution in [3.8, 4) is 29.0 Å². The van der Waals surface area contributed by atoms with Gasteiger partial charge in [0.25, 0.3) is 0 Å². The second kappa shape index (κ2) is 10.4. The third kappa shape index (κ3) is 6.17. The van der Waals surface area contributed by atoms with E-state index in [1.807, 2.05) is 18.2 Å². The van der Waals surface area contributed by atoms with E-state index in [0.717, 1.165) is 32.1 Å². The number of amides is 1. The van der Waals surface area contributed by atoms with Crippen molar-refractivity contribution < 1.29 is 22.7 Å². The minimum absolute atomic E-state index is 0.0306. The molecule has 0 bridgehead atoms. The number of imidazole rings is 1. The van der Waals surface area contributed by atoms with Gasteiger partial charge in [0.1, 0.15) is 17.3 Å². The Morgan fingerprint density at radius 3 is 2.62 bits per heavy atom. The average Bonchev–Trinajstić information content (AvgIpc) is 3.34. The fraction of sp³-hybridized carbons (Fsp3) is 0.280. The maximum Gasteiger partial charge on any atom is 0.432 e. The molecule has 4 rings (SSSR count). The summed E-state index contributed by atoms with van der Waals surface area (Å²) < 4.78 is 44.9. The number of nitrogens with one attached hydrogen (secondary N) is 3. The van der Waals surface area contributed by atoms with Crippen molar-refractivity contribution in [2.75, 3.05) is 25.0 Å². The van der Waals surface area contributed by atoms with Gasteiger partial charge >= 0.3 is 12.1 Å². The number of ether oxygens (including phenoxy) is 1. The number of aromatic nitrogens is 2. The Morgan fingerprint density at radius 1 is 1.15 bits per heavy atom. The van der Waals surface area contributed by atoms with Gasteiger partial charge in [-0.25, -0.2) is 4.98 Å². The molecule has 1 aliphatic rings. The molecule has 0 unspecified atom stereocenters. The fourth-order valence-corrected chi connectivity index (χ4v) is 3.57. The number of halogens is 3. The number of carbonyl (C=O) groups excluding carboxylic acids is 1. The Kier molecular flexibility index (Phi) is 7.18. The van der Waals surface area contributed by atoms with E-state index in [4.69, 9.17) is 4.74 Å². The first-order valence-corrected chi connectivity index (χ1v) is 10.9. The first kappa shape index (κ1) is 23.4. The van der Waals surface area contributed by atoms with Gasteiger partial charge in [0.2, 0.25) is 0 Å². The lowest BCUT2D eigenvalue weighted by Gasteiger charge is -2.23. The highest BCUT2D eigenvalue weighted by Crippen LogP contribution is 2.33. The third-order valence-corrected chi connectivity index (χ3v) is 5.41. The average molecular weight is 468 g/mol. The van der Waals surface area contributed by atoms with Crippen molar-refractivity contribution >= 4 is 11.6 Å². The van der Waals surface area contributed by atoms with E-state index in [1.165, 1.54) is 6.07 Å². The second-order valence-electron chi connectivity index (χ2n) is 7.93. The van der Waals surface area contributed by atoms with Crippen LogP contribution >= 0.6 is 0 Å². The Hall–Kier alpha value is -3.77. The maximum absolute atomic E-state index is 13.0. The molecule has 1 saturated heterocycles. The van der Waals surface area contributed by atoms with Crippen LogP contribution in [0.1, 0.15) is 24.1 Å². The zero-order valence-corrected chi connectivity index (χ0v) is 18.2. The predicted molar refractivity (Wildman–Crippen MR) is 122 cm³/mol. The molecule has 1 aliphatic heterocycles. The monoisotopic (exact) mass is 468 g/mol. The summed E-state index contributed by atoms with van der Waals surface area (Å²) in [5, 5.41) is 6.00. The highest BCUT2D eigenvalue weighted by atomic mass is 19.4. The number of hydrogen-bond donors (Lipinski definition) is 3. The molecule has 1 aromatic heterocycles. The van der Waals surface area contributed by atoms with Crippen molar-refractivity contribution in [1.82, 2.24) is 15.3 Å². The number of carbonyl (C=O) groups is 1. The number of piperidine rings is 1. The van der Waals surface area contributed by atoms with Gasteiger partial charge < -0.3 is 20.4 Å². The van der Waals surface area contributed by atoms with E-state index in [0.29, 0.717) is 35.1 Å². The quantitative estimate of drug-likeness (QED) is 0.483. The van der Waals surface area contributed by atoms with Gasteiger partial charge in [0.05, 0.1) is 18.5 Å². The Morgan fingerprint density at radius 2 is 1.91 bits per heavy atom. The summed E-state index contributed by atoms with van der Waals surface area (Å²) in [4.78, 5) is 18.6. The number of hydrogen-bond acceptors (Lipinski definition) is 4. The minimum Gasteiger partial charge on any atom is -0.491 e. The van der Waals surface area contributed by atoms with Crippen LogP contribution in [0.5, 0.6) is 5.75 Å². The van der Waals surface area contributed by atoms with Crippen molar-refractivity contribution in [1.29, 1.82) is 0 Å². The van der Waals surface area contributed by atoms with Crippen LogP contribution in [0, 0.1) is 17.8 Å². The number of benzene rings is 2. The maximum atomic E-state index is 13.0. The summed E-state index contributed by atoms with van der Waals surface area (Å²) in [6.45, 7) is 2.32. The molecule has 6 nitrogen and oxygen atoms in total. The van der Waals surface area contributed by atoms with Gasteiger partial charge in [-0.3, -0.25) is 4.79 Å². The summed E-state index contributed by atoms with van der Waals surface area (Å²) in [6.07, 6.45) is -1.84. The standard InChI is InChI=1S/C25H23F3N4O2/c26-25(27,28)22-15-30-24(32-22)19-7-8-21(34-16-18-10-12-29-13-11-18)20(14-19)31-23(33)9-6-17-4-2-1-3-5-17/h1-5,7-8,14-15,18,29H,10-13,16H2,(H,30,32)(H,31,33). The third-order valence-electron chi connectivity index (χ3n) is 5.41. The largest absolute Gasteiger partial charge is 0.491 e. The van der Waals surface area contributed by atoms with Gasteiger partial charge in [-0.1, -0.05) is 24.1 Å². The fourth-order valence-electron chi connectivity index (χ4n) is 3.57. The van der Waals surface area contributed by atoms with Crippen molar-refractivity contribution in [3.05, 3.63) is 66.0 Å². The lowest BCUT2D eigenvalue weighted by atomic mass is 9.99. The minimum atomic E-state index is -4.53. The van der Waals surface area contributed by atoms with Gasteiger partial charge in [-0.05, 0) is 62.2 Å². The number of rotatable bonds is 5. The smallest absolute Gasteiger partial charge is 0.432 e. The van der Waals surface area contributed by atoms with Crippen LogP contribution < -0.4 is 15.4 Å². The van der Waals surface area contributed by atoms with Crippen LogP contribution in [-0.2, 0) is 11.0 Å². The molecule has 1 fully saturated rings. The molecule has 176 valence electrons. The Bertz CT molecular complexity index is 1190. The molecule has 0 aliphatic carbocycles.